The Bertz CT molecular complexity index is 485. The van der Waals surface area contributed by atoms with Crippen LogP contribution < -0.4 is 0 Å². The van der Waals surface area contributed by atoms with Crippen LogP contribution in [0.25, 0.3) is 10.8 Å². The monoisotopic (exact) mass is 277 g/mol. The van der Waals surface area contributed by atoms with Gasteiger partial charge in [-0.25, -0.2) is 0 Å². The maximum absolute atomic E-state index is 2.29. The molecule has 0 amide bonds. The predicted octanol–water partition coefficient (Wildman–Crippen LogP) is 5.75. The molecular formula is C19H26Na. The second-order valence-corrected chi connectivity index (χ2v) is 5.51. The molecule has 2 rings (SSSR count). The second-order valence-electron chi connectivity index (χ2n) is 5.51. The van der Waals surface area contributed by atoms with E-state index in [0.29, 0.717) is 0 Å². The van der Waals surface area contributed by atoms with E-state index in [0.717, 1.165) is 0 Å². The Hall–Kier alpha value is -0.300. The van der Waals surface area contributed by atoms with E-state index in [1.165, 1.54) is 67.7 Å². The van der Waals surface area contributed by atoms with Crippen LogP contribution in [-0.4, -0.2) is 29.6 Å². The van der Waals surface area contributed by atoms with Gasteiger partial charge in [0, 0.05) is 29.6 Å². The van der Waals surface area contributed by atoms with Crippen molar-refractivity contribution in [1.82, 2.24) is 0 Å². The van der Waals surface area contributed by atoms with E-state index in [1.54, 1.807) is 0 Å². The van der Waals surface area contributed by atoms with Crippen molar-refractivity contribution in [3.63, 3.8) is 0 Å². The fraction of sp³-hybridized carbons (Fsp3) is 0.474. The molecule has 0 atom stereocenters. The van der Waals surface area contributed by atoms with Gasteiger partial charge in [-0.05, 0) is 29.2 Å². The minimum absolute atomic E-state index is 0. The molecule has 0 heterocycles. The Kier molecular flexibility index (Phi) is 9.26. The summed E-state index contributed by atoms with van der Waals surface area (Å²) in [6.45, 7) is 2.28. The zero-order valence-corrected chi connectivity index (χ0v) is 15.2. The van der Waals surface area contributed by atoms with Crippen LogP contribution in [-0.2, 0) is 6.42 Å². The summed E-state index contributed by atoms with van der Waals surface area (Å²) in [4.78, 5) is 0. The second kappa shape index (κ2) is 10.4. The van der Waals surface area contributed by atoms with Crippen LogP contribution in [0.15, 0.2) is 42.5 Å². The summed E-state index contributed by atoms with van der Waals surface area (Å²) in [5.41, 5.74) is 1.52. The van der Waals surface area contributed by atoms with Gasteiger partial charge in [0.2, 0.25) is 0 Å². The number of rotatable bonds is 8. The molecule has 0 aliphatic rings. The van der Waals surface area contributed by atoms with Crippen molar-refractivity contribution in [3.05, 3.63) is 48.0 Å². The van der Waals surface area contributed by atoms with Crippen molar-refractivity contribution in [3.8, 4) is 0 Å². The minimum Gasteiger partial charge on any atom is -0.0654 e. The first-order chi connectivity index (χ1) is 9.42. The Morgan fingerprint density at radius 1 is 0.700 bits per heavy atom. The van der Waals surface area contributed by atoms with E-state index in [4.69, 9.17) is 0 Å². The molecule has 0 saturated carbocycles. The van der Waals surface area contributed by atoms with Gasteiger partial charge in [-0.3, -0.25) is 0 Å². The zero-order valence-electron chi connectivity index (χ0n) is 13.2. The van der Waals surface area contributed by atoms with Crippen LogP contribution in [0, 0.1) is 0 Å². The summed E-state index contributed by atoms with van der Waals surface area (Å²) in [7, 11) is 0. The normalized spacial score (nSPS) is 10.4. The van der Waals surface area contributed by atoms with Crippen molar-refractivity contribution in [2.24, 2.45) is 0 Å². The summed E-state index contributed by atoms with van der Waals surface area (Å²) in [5, 5.41) is 2.82. The zero-order chi connectivity index (χ0) is 13.3. The summed E-state index contributed by atoms with van der Waals surface area (Å²) in [5.74, 6) is 0. The molecule has 103 valence electrons. The Morgan fingerprint density at radius 2 is 1.35 bits per heavy atom. The van der Waals surface area contributed by atoms with Crippen LogP contribution in [0.2, 0.25) is 0 Å². The van der Waals surface area contributed by atoms with E-state index in [2.05, 4.69) is 49.4 Å². The van der Waals surface area contributed by atoms with Gasteiger partial charge in [0.25, 0.3) is 0 Å². The van der Waals surface area contributed by atoms with Gasteiger partial charge in [-0.1, -0.05) is 87.9 Å². The average molecular weight is 277 g/mol. The van der Waals surface area contributed by atoms with Crippen LogP contribution in [0.5, 0.6) is 0 Å². The first kappa shape index (κ1) is 17.8. The molecule has 0 fully saturated rings. The molecule has 2 aromatic rings. The standard InChI is InChI=1S/C19H26.Na/c1-2-3-4-5-6-7-8-12-17-14-11-15-18-13-9-10-16-19(17)18;/h9-11,13-16H,2-8,12H2,1H3;. The Morgan fingerprint density at radius 3 is 2.15 bits per heavy atom. The van der Waals surface area contributed by atoms with Gasteiger partial charge < -0.3 is 0 Å². The number of unbranched alkanes of at least 4 members (excludes halogenated alkanes) is 6. The SMILES string of the molecule is CCCCCCCCCc1cccc2ccccc12.[Na]. The third kappa shape index (κ3) is 5.60. The molecule has 0 N–H and O–H groups in total. The van der Waals surface area contributed by atoms with Crippen LogP contribution >= 0.6 is 0 Å². The molecular weight excluding hydrogens is 251 g/mol. The number of hydrogen-bond acceptors (Lipinski definition) is 0. The van der Waals surface area contributed by atoms with E-state index in [1.807, 2.05) is 0 Å². The van der Waals surface area contributed by atoms with Crippen LogP contribution in [0.1, 0.15) is 57.4 Å². The third-order valence-electron chi connectivity index (χ3n) is 3.93. The molecule has 0 spiro atoms. The van der Waals surface area contributed by atoms with Crippen molar-refractivity contribution in [2.75, 3.05) is 0 Å². The summed E-state index contributed by atoms with van der Waals surface area (Å²) in [6, 6.07) is 15.4. The van der Waals surface area contributed by atoms with Gasteiger partial charge in [0.1, 0.15) is 0 Å². The molecule has 1 radical (unpaired) electrons. The smallest absolute Gasteiger partial charge is 0 e. The van der Waals surface area contributed by atoms with Gasteiger partial charge in [-0.2, -0.15) is 0 Å². The van der Waals surface area contributed by atoms with Gasteiger partial charge in [0.15, 0.2) is 0 Å². The van der Waals surface area contributed by atoms with E-state index >= 15 is 0 Å². The largest absolute Gasteiger partial charge is 0.0654 e. The summed E-state index contributed by atoms with van der Waals surface area (Å²) >= 11 is 0. The number of fused-ring (bicyclic) bond motifs is 1. The average Bonchev–Trinajstić information content (AvgIpc) is 2.46. The molecule has 0 aliphatic carbocycles. The van der Waals surface area contributed by atoms with Crippen LogP contribution in [0.4, 0.5) is 0 Å². The summed E-state index contributed by atoms with van der Waals surface area (Å²) < 4.78 is 0. The minimum atomic E-state index is 0. The molecule has 0 saturated heterocycles. The molecule has 20 heavy (non-hydrogen) atoms. The predicted molar refractivity (Wildman–Crippen MR) is 91.4 cm³/mol. The van der Waals surface area contributed by atoms with Crippen molar-refractivity contribution < 1.29 is 0 Å². The van der Waals surface area contributed by atoms with Crippen LogP contribution in [0.3, 0.4) is 0 Å². The number of aryl methyl sites for hydroxylation is 1. The quantitative estimate of drug-likeness (QED) is 0.425. The van der Waals surface area contributed by atoms with E-state index in [-0.39, 0.29) is 29.6 Å². The van der Waals surface area contributed by atoms with Crippen molar-refractivity contribution >= 4 is 40.3 Å². The molecule has 0 bridgehead atoms. The molecule has 0 aromatic heterocycles. The van der Waals surface area contributed by atoms with E-state index in [9.17, 15) is 0 Å². The molecule has 0 unspecified atom stereocenters. The third-order valence-corrected chi connectivity index (χ3v) is 3.93. The fourth-order valence-corrected chi connectivity index (χ4v) is 2.78. The topological polar surface area (TPSA) is 0 Å². The molecule has 0 nitrogen and oxygen atoms in total. The number of benzene rings is 2. The maximum Gasteiger partial charge on any atom is 0 e. The Balaban J connectivity index is 0.00000200. The fourth-order valence-electron chi connectivity index (χ4n) is 2.78. The van der Waals surface area contributed by atoms with E-state index < -0.39 is 0 Å². The van der Waals surface area contributed by atoms with Crippen molar-refractivity contribution in [1.29, 1.82) is 0 Å². The maximum atomic E-state index is 2.29. The molecule has 0 aliphatic heterocycles. The Labute approximate surface area is 146 Å². The molecule has 2 aromatic carbocycles. The summed E-state index contributed by atoms with van der Waals surface area (Å²) in [6.07, 6.45) is 10.9. The van der Waals surface area contributed by atoms with Gasteiger partial charge in [-0.15, -0.1) is 0 Å². The molecule has 1 heteroatoms. The van der Waals surface area contributed by atoms with Crippen molar-refractivity contribution in [2.45, 2.75) is 58.3 Å². The van der Waals surface area contributed by atoms with Gasteiger partial charge >= 0.3 is 0 Å². The first-order valence-electron chi connectivity index (χ1n) is 7.88. The van der Waals surface area contributed by atoms with Gasteiger partial charge in [0.05, 0.1) is 0 Å². The number of hydrogen-bond donors (Lipinski definition) is 0. The first-order valence-corrected chi connectivity index (χ1v) is 7.88.